The van der Waals surface area contributed by atoms with E-state index in [4.69, 9.17) is 14.2 Å². The van der Waals surface area contributed by atoms with E-state index < -0.39 is 23.9 Å². The fraction of sp³-hybridized carbons (Fsp3) is 0.250. The molecule has 0 fully saturated rings. The number of esters is 4. The Balaban J connectivity index is 2.99. The molecule has 0 spiro atoms. The van der Waals surface area contributed by atoms with Crippen LogP contribution in [0.4, 0.5) is 0 Å². The summed E-state index contributed by atoms with van der Waals surface area (Å²) in [4.78, 5) is 48.5. The number of carbonyl (C=O) groups excluding carboxylic acids is 4. The molecule has 132 valence electrons. The van der Waals surface area contributed by atoms with E-state index in [1.807, 2.05) is 0 Å². The molecule has 0 aliphatic heterocycles. The van der Waals surface area contributed by atoms with Gasteiger partial charge in [0.15, 0.2) is 0 Å². The van der Waals surface area contributed by atoms with Gasteiger partial charge < -0.3 is 18.9 Å². The maximum atomic E-state index is 12.3. The maximum Gasteiger partial charge on any atom is 0.348 e. The average Bonchev–Trinajstić information content (AvgIpc) is 3.04. The molecule has 0 N–H and O–H groups in total. The smallest absolute Gasteiger partial charge is 0.348 e. The van der Waals surface area contributed by atoms with Gasteiger partial charge >= 0.3 is 23.9 Å². The Morgan fingerprint density at radius 3 is 1.76 bits per heavy atom. The normalized spacial score (nSPS) is 10.2. The molecular formula is C16H14O8S. The summed E-state index contributed by atoms with van der Waals surface area (Å²) in [7, 11) is 4.64. The molecule has 0 aliphatic rings. The Bertz CT molecular complexity index is 880. The first kappa shape index (κ1) is 18.4. The molecule has 9 heteroatoms. The highest BCUT2D eigenvalue weighted by Gasteiger charge is 2.30. The molecule has 2 rings (SSSR count). The quantitative estimate of drug-likeness (QED) is 0.598. The second kappa shape index (κ2) is 7.31. The standard InChI is InChI=1S/C16H14O8S/c1-21-13(17)8-6-5-7-9(10(8)14(18)22-2)12(16(20)24-4)25-11(7)15(19)23-3/h5-6H,1-4H3. The molecule has 0 radical (unpaired) electrons. The van der Waals surface area contributed by atoms with Crippen molar-refractivity contribution in [1.82, 2.24) is 0 Å². The summed E-state index contributed by atoms with van der Waals surface area (Å²) in [5.74, 6) is -3.10. The van der Waals surface area contributed by atoms with Gasteiger partial charge in [-0.05, 0) is 6.07 Å². The average molecular weight is 366 g/mol. The lowest BCUT2D eigenvalue weighted by atomic mass is 9.99. The monoisotopic (exact) mass is 366 g/mol. The summed E-state index contributed by atoms with van der Waals surface area (Å²) in [5.41, 5.74) is -0.278. The highest BCUT2D eigenvalue weighted by Crippen LogP contribution is 2.37. The van der Waals surface area contributed by atoms with Gasteiger partial charge in [0.25, 0.3) is 0 Å². The van der Waals surface area contributed by atoms with Crippen LogP contribution in [-0.4, -0.2) is 52.3 Å². The lowest BCUT2D eigenvalue weighted by molar-refractivity contribution is 0.0556. The Labute approximate surface area is 146 Å². The van der Waals surface area contributed by atoms with Crippen molar-refractivity contribution in [2.24, 2.45) is 0 Å². The first-order valence-corrected chi connectivity index (χ1v) is 7.65. The van der Waals surface area contributed by atoms with Crippen molar-refractivity contribution in [3.8, 4) is 0 Å². The second-order valence-electron chi connectivity index (χ2n) is 4.64. The third-order valence-electron chi connectivity index (χ3n) is 3.42. The lowest BCUT2D eigenvalue weighted by Gasteiger charge is -2.09. The van der Waals surface area contributed by atoms with Crippen LogP contribution >= 0.6 is 11.3 Å². The van der Waals surface area contributed by atoms with Gasteiger partial charge in [0.05, 0.1) is 39.6 Å². The van der Waals surface area contributed by atoms with E-state index in [0.29, 0.717) is 0 Å². The van der Waals surface area contributed by atoms with E-state index in [-0.39, 0.29) is 31.7 Å². The zero-order valence-corrected chi connectivity index (χ0v) is 14.6. The molecule has 0 aliphatic carbocycles. The number of benzene rings is 1. The largest absolute Gasteiger partial charge is 0.465 e. The molecule has 25 heavy (non-hydrogen) atoms. The van der Waals surface area contributed by atoms with Gasteiger partial charge in [0.1, 0.15) is 9.75 Å². The van der Waals surface area contributed by atoms with E-state index >= 15 is 0 Å². The fourth-order valence-corrected chi connectivity index (χ4v) is 3.44. The van der Waals surface area contributed by atoms with E-state index in [9.17, 15) is 19.2 Å². The number of carbonyl (C=O) groups is 4. The van der Waals surface area contributed by atoms with Gasteiger partial charge in [0, 0.05) is 10.8 Å². The Hall–Kier alpha value is -2.94. The number of methoxy groups -OCH3 is 4. The number of rotatable bonds is 4. The van der Waals surface area contributed by atoms with Crippen LogP contribution in [0, 0.1) is 0 Å². The highest BCUT2D eigenvalue weighted by atomic mass is 32.1. The fourth-order valence-electron chi connectivity index (χ4n) is 2.31. The molecule has 0 atom stereocenters. The Morgan fingerprint density at radius 2 is 1.24 bits per heavy atom. The summed E-state index contributed by atoms with van der Waals surface area (Å²) in [6.45, 7) is 0. The van der Waals surface area contributed by atoms with Gasteiger partial charge in [-0.15, -0.1) is 11.3 Å². The Morgan fingerprint density at radius 1 is 0.720 bits per heavy atom. The third kappa shape index (κ3) is 3.05. The van der Waals surface area contributed by atoms with Gasteiger partial charge in [-0.2, -0.15) is 0 Å². The SMILES string of the molecule is COC(=O)c1ccc2c(C(=O)OC)sc(C(=O)OC)c2c1C(=O)OC. The van der Waals surface area contributed by atoms with Gasteiger partial charge in [0.2, 0.25) is 0 Å². The van der Waals surface area contributed by atoms with Gasteiger partial charge in [-0.25, -0.2) is 19.2 Å². The van der Waals surface area contributed by atoms with Crippen LogP contribution in [0.3, 0.4) is 0 Å². The minimum absolute atomic E-state index is 0.0240. The number of hydrogen-bond acceptors (Lipinski definition) is 9. The van der Waals surface area contributed by atoms with Crippen molar-refractivity contribution in [1.29, 1.82) is 0 Å². The topological polar surface area (TPSA) is 105 Å². The van der Waals surface area contributed by atoms with Crippen molar-refractivity contribution in [3.05, 3.63) is 33.0 Å². The third-order valence-corrected chi connectivity index (χ3v) is 4.58. The predicted molar refractivity (Wildman–Crippen MR) is 87.2 cm³/mol. The van der Waals surface area contributed by atoms with Crippen molar-refractivity contribution in [2.75, 3.05) is 28.4 Å². The van der Waals surface area contributed by atoms with Crippen molar-refractivity contribution in [2.45, 2.75) is 0 Å². The number of fused-ring (bicyclic) bond motifs is 1. The molecule has 8 nitrogen and oxygen atoms in total. The zero-order valence-electron chi connectivity index (χ0n) is 13.8. The minimum atomic E-state index is -0.856. The second-order valence-corrected chi connectivity index (χ2v) is 5.66. The predicted octanol–water partition coefficient (Wildman–Crippen LogP) is 2.05. The van der Waals surface area contributed by atoms with Crippen LogP contribution in [0.2, 0.25) is 0 Å². The summed E-state index contributed by atoms with van der Waals surface area (Å²) in [5, 5.41) is 0.345. The summed E-state index contributed by atoms with van der Waals surface area (Å²) >= 11 is 0.799. The van der Waals surface area contributed by atoms with Gasteiger partial charge in [-0.3, -0.25) is 0 Å². The van der Waals surface area contributed by atoms with Crippen molar-refractivity contribution in [3.63, 3.8) is 0 Å². The first-order valence-electron chi connectivity index (χ1n) is 6.83. The van der Waals surface area contributed by atoms with Crippen LogP contribution in [0.25, 0.3) is 10.8 Å². The molecule has 0 saturated carbocycles. The van der Waals surface area contributed by atoms with Crippen LogP contribution in [0.1, 0.15) is 40.1 Å². The summed E-state index contributed by atoms with van der Waals surface area (Å²) in [6.07, 6.45) is 0. The molecule has 0 amide bonds. The van der Waals surface area contributed by atoms with Gasteiger partial charge in [-0.1, -0.05) is 6.07 Å². The van der Waals surface area contributed by atoms with E-state index in [2.05, 4.69) is 4.74 Å². The van der Waals surface area contributed by atoms with E-state index in [1.54, 1.807) is 0 Å². The zero-order chi connectivity index (χ0) is 18.7. The molecule has 0 unspecified atom stereocenters. The number of thiophene rings is 1. The van der Waals surface area contributed by atoms with E-state index in [1.165, 1.54) is 19.2 Å². The van der Waals surface area contributed by atoms with Crippen LogP contribution in [0.15, 0.2) is 12.1 Å². The van der Waals surface area contributed by atoms with E-state index in [0.717, 1.165) is 32.7 Å². The summed E-state index contributed by atoms with van der Waals surface area (Å²) < 4.78 is 18.8. The highest BCUT2D eigenvalue weighted by molar-refractivity contribution is 7.17. The molecule has 0 bridgehead atoms. The molecular weight excluding hydrogens is 352 g/mol. The molecule has 0 saturated heterocycles. The molecule has 1 aromatic carbocycles. The molecule has 1 aromatic heterocycles. The first-order chi connectivity index (χ1) is 11.9. The lowest BCUT2D eigenvalue weighted by Crippen LogP contribution is -2.13. The minimum Gasteiger partial charge on any atom is -0.465 e. The number of ether oxygens (including phenoxy) is 4. The number of hydrogen-bond donors (Lipinski definition) is 0. The molecule has 2 aromatic rings. The summed E-state index contributed by atoms with van der Waals surface area (Å²) in [6, 6.07) is 2.75. The van der Waals surface area contributed by atoms with Crippen molar-refractivity contribution >= 4 is 46.0 Å². The maximum absolute atomic E-state index is 12.3. The van der Waals surface area contributed by atoms with Crippen LogP contribution in [0.5, 0.6) is 0 Å². The van der Waals surface area contributed by atoms with Crippen LogP contribution < -0.4 is 0 Å². The molecule has 1 heterocycles. The van der Waals surface area contributed by atoms with Crippen LogP contribution in [-0.2, 0) is 18.9 Å². The Kier molecular flexibility index (Phi) is 5.38. The van der Waals surface area contributed by atoms with Crippen molar-refractivity contribution < 1.29 is 38.1 Å².